The van der Waals surface area contributed by atoms with E-state index in [2.05, 4.69) is 9.97 Å². The summed E-state index contributed by atoms with van der Waals surface area (Å²) in [6.07, 6.45) is 1.17. The number of fused-ring (bicyclic) bond motifs is 1. The SMILES string of the molecule is Cc1ccc2cccc(Oc3ccc([N+](=O)[O-])cn3)c2n1. The summed E-state index contributed by atoms with van der Waals surface area (Å²) < 4.78 is 5.69. The maximum absolute atomic E-state index is 10.6. The van der Waals surface area contributed by atoms with E-state index in [1.54, 1.807) is 6.07 Å². The summed E-state index contributed by atoms with van der Waals surface area (Å²) in [6, 6.07) is 12.3. The van der Waals surface area contributed by atoms with Gasteiger partial charge in [-0.05, 0) is 19.1 Å². The van der Waals surface area contributed by atoms with E-state index in [0.29, 0.717) is 5.75 Å². The zero-order valence-electron chi connectivity index (χ0n) is 11.2. The van der Waals surface area contributed by atoms with Crippen LogP contribution in [0.25, 0.3) is 10.9 Å². The fraction of sp³-hybridized carbons (Fsp3) is 0.0667. The van der Waals surface area contributed by atoms with Crippen LogP contribution in [0.3, 0.4) is 0 Å². The Morgan fingerprint density at radius 2 is 2.00 bits per heavy atom. The van der Waals surface area contributed by atoms with Gasteiger partial charge in [-0.25, -0.2) is 9.97 Å². The molecule has 1 aromatic carbocycles. The van der Waals surface area contributed by atoms with Crippen molar-refractivity contribution in [1.82, 2.24) is 9.97 Å². The lowest BCUT2D eigenvalue weighted by molar-refractivity contribution is -0.385. The number of hydrogen-bond donors (Lipinski definition) is 0. The van der Waals surface area contributed by atoms with Crippen molar-refractivity contribution >= 4 is 16.6 Å². The number of para-hydroxylation sites is 1. The maximum Gasteiger partial charge on any atom is 0.287 e. The summed E-state index contributed by atoms with van der Waals surface area (Å²) in [6.45, 7) is 1.90. The number of nitro groups is 1. The second-order valence-electron chi connectivity index (χ2n) is 4.49. The zero-order valence-corrected chi connectivity index (χ0v) is 11.2. The molecular formula is C15H11N3O3. The Bertz CT molecular complexity index is 816. The molecule has 6 nitrogen and oxygen atoms in total. The molecule has 0 N–H and O–H groups in total. The third kappa shape index (κ3) is 2.64. The van der Waals surface area contributed by atoms with Crippen LogP contribution in [0.5, 0.6) is 11.6 Å². The number of pyridine rings is 2. The van der Waals surface area contributed by atoms with E-state index in [1.165, 1.54) is 18.3 Å². The van der Waals surface area contributed by atoms with Gasteiger partial charge in [-0.2, -0.15) is 0 Å². The fourth-order valence-electron chi connectivity index (χ4n) is 1.95. The Balaban J connectivity index is 1.97. The first-order chi connectivity index (χ1) is 10.1. The molecule has 0 aliphatic rings. The third-order valence-corrected chi connectivity index (χ3v) is 2.97. The van der Waals surface area contributed by atoms with Gasteiger partial charge >= 0.3 is 0 Å². The summed E-state index contributed by atoms with van der Waals surface area (Å²) in [5, 5.41) is 11.6. The minimum Gasteiger partial charge on any atom is -0.437 e. The average molecular weight is 281 g/mol. The number of rotatable bonds is 3. The van der Waals surface area contributed by atoms with Crippen molar-refractivity contribution in [3.63, 3.8) is 0 Å². The van der Waals surface area contributed by atoms with Gasteiger partial charge in [0.15, 0.2) is 5.75 Å². The minimum atomic E-state index is -0.500. The highest BCUT2D eigenvalue weighted by Gasteiger charge is 2.09. The summed E-state index contributed by atoms with van der Waals surface area (Å²) in [7, 11) is 0. The number of nitrogens with zero attached hydrogens (tertiary/aromatic N) is 3. The molecular weight excluding hydrogens is 270 g/mol. The molecule has 0 amide bonds. The van der Waals surface area contributed by atoms with Crippen LogP contribution in [0.15, 0.2) is 48.7 Å². The molecule has 3 aromatic rings. The molecule has 0 atom stereocenters. The van der Waals surface area contributed by atoms with Gasteiger partial charge in [0, 0.05) is 23.2 Å². The maximum atomic E-state index is 10.6. The molecule has 3 rings (SSSR count). The van der Waals surface area contributed by atoms with Crippen LogP contribution in [0, 0.1) is 17.0 Å². The van der Waals surface area contributed by atoms with Gasteiger partial charge in [0.05, 0.1) is 4.92 Å². The van der Waals surface area contributed by atoms with Crippen molar-refractivity contribution in [2.24, 2.45) is 0 Å². The molecule has 0 saturated carbocycles. The Morgan fingerprint density at radius 1 is 1.14 bits per heavy atom. The highest BCUT2D eigenvalue weighted by molar-refractivity contribution is 5.84. The molecule has 0 spiro atoms. The highest BCUT2D eigenvalue weighted by atomic mass is 16.6. The molecule has 0 bridgehead atoms. The monoisotopic (exact) mass is 281 g/mol. The lowest BCUT2D eigenvalue weighted by Crippen LogP contribution is -1.93. The molecule has 2 heterocycles. The van der Waals surface area contributed by atoms with Gasteiger partial charge in [0.25, 0.3) is 5.69 Å². The van der Waals surface area contributed by atoms with Gasteiger partial charge in [-0.15, -0.1) is 0 Å². The summed E-state index contributed by atoms with van der Waals surface area (Å²) >= 11 is 0. The van der Waals surface area contributed by atoms with E-state index >= 15 is 0 Å². The van der Waals surface area contributed by atoms with Crippen LogP contribution in [-0.4, -0.2) is 14.9 Å². The number of hydrogen-bond acceptors (Lipinski definition) is 5. The Kier molecular flexibility index (Phi) is 3.19. The van der Waals surface area contributed by atoms with Gasteiger partial charge in [-0.1, -0.05) is 18.2 Å². The van der Waals surface area contributed by atoms with Crippen molar-refractivity contribution in [3.05, 3.63) is 64.5 Å². The normalized spacial score (nSPS) is 10.5. The van der Waals surface area contributed by atoms with Gasteiger partial charge < -0.3 is 4.74 Å². The molecule has 6 heteroatoms. The Hall–Kier alpha value is -3.02. The van der Waals surface area contributed by atoms with Crippen molar-refractivity contribution in [2.75, 3.05) is 0 Å². The van der Waals surface area contributed by atoms with Crippen LogP contribution < -0.4 is 4.74 Å². The van der Waals surface area contributed by atoms with Crippen molar-refractivity contribution < 1.29 is 9.66 Å². The minimum absolute atomic E-state index is 0.0748. The molecule has 0 unspecified atom stereocenters. The van der Waals surface area contributed by atoms with Gasteiger partial charge in [0.2, 0.25) is 5.88 Å². The molecule has 0 saturated heterocycles. The van der Waals surface area contributed by atoms with E-state index in [-0.39, 0.29) is 11.6 Å². The smallest absolute Gasteiger partial charge is 0.287 e. The van der Waals surface area contributed by atoms with Crippen LogP contribution in [0.1, 0.15) is 5.69 Å². The fourth-order valence-corrected chi connectivity index (χ4v) is 1.95. The zero-order chi connectivity index (χ0) is 14.8. The summed E-state index contributed by atoms with van der Waals surface area (Å²) in [4.78, 5) is 18.5. The van der Waals surface area contributed by atoms with E-state index in [1.807, 2.05) is 31.2 Å². The van der Waals surface area contributed by atoms with Crippen molar-refractivity contribution in [3.8, 4) is 11.6 Å². The quantitative estimate of drug-likeness (QED) is 0.541. The van der Waals surface area contributed by atoms with Crippen molar-refractivity contribution in [2.45, 2.75) is 6.92 Å². The topological polar surface area (TPSA) is 78.2 Å². The first-order valence-corrected chi connectivity index (χ1v) is 6.28. The highest BCUT2D eigenvalue weighted by Crippen LogP contribution is 2.28. The number of aromatic nitrogens is 2. The van der Waals surface area contributed by atoms with Crippen LogP contribution in [0.2, 0.25) is 0 Å². The average Bonchev–Trinajstić information content (AvgIpc) is 2.48. The van der Waals surface area contributed by atoms with Crippen molar-refractivity contribution in [1.29, 1.82) is 0 Å². The second-order valence-corrected chi connectivity index (χ2v) is 4.49. The first-order valence-electron chi connectivity index (χ1n) is 6.28. The van der Waals surface area contributed by atoms with Crippen LogP contribution in [0.4, 0.5) is 5.69 Å². The third-order valence-electron chi connectivity index (χ3n) is 2.97. The van der Waals surface area contributed by atoms with Crippen LogP contribution in [-0.2, 0) is 0 Å². The molecule has 104 valence electrons. The molecule has 0 fully saturated rings. The van der Waals surface area contributed by atoms with Gasteiger partial charge in [0.1, 0.15) is 11.7 Å². The summed E-state index contributed by atoms with van der Waals surface area (Å²) in [5.41, 5.74) is 1.54. The molecule has 0 radical (unpaired) electrons. The molecule has 0 aliphatic carbocycles. The molecule has 0 aliphatic heterocycles. The Morgan fingerprint density at radius 3 is 2.71 bits per heavy atom. The molecule has 2 aromatic heterocycles. The molecule has 21 heavy (non-hydrogen) atoms. The Labute approximate surface area is 120 Å². The standard InChI is InChI=1S/C15H11N3O3/c1-10-5-6-11-3-2-4-13(15(11)17-10)21-14-8-7-12(9-16-14)18(19)20/h2-9H,1H3. The largest absolute Gasteiger partial charge is 0.437 e. The number of ether oxygens (including phenoxy) is 1. The van der Waals surface area contributed by atoms with E-state index in [4.69, 9.17) is 4.74 Å². The first kappa shape index (κ1) is 13.0. The second kappa shape index (κ2) is 5.16. The van der Waals surface area contributed by atoms with E-state index in [0.717, 1.165) is 16.6 Å². The summed E-state index contributed by atoms with van der Waals surface area (Å²) in [5.74, 6) is 0.856. The van der Waals surface area contributed by atoms with E-state index < -0.39 is 4.92 Å². The van der Waals surface area contributed by atoms with E-state index in [9.17, 15) is 10.1 Å². The lowest BCUT2D eigenvalue weighted by atomic mass is 10.2. The number of aryl methyl sites for hydroxylation is 1. The van der Waals surface area contributed by atoms with Gasteiger partial charge in [-0.3, -0.25) is 10.1 Å². The van der Waals surface area contributed by atoms with Crippen LogP contribution >= 0.6 is 0 Å². The predicted molar refractivity (Wildman–Crippen MR) is 77.4 cm³/mol. The lowest BCUT2D eigenvalue weighted by Gasteiger charge is -2.07. The number of benzene rings is 1. The predicted octanol–water partition coefficient (Wildman–Crippen LogP) is 3.64.